The summed E-state index contributed by atoms with van der Waals surface area (Å²) in [5.41, 5.74) is 1.95. The van der Waals surface area contributed by atoms with E-state index in [1.165, 1.54) is 12.1 Å². The maximum absolute atomic E-state index is 12.7. The third-order valence-corrected chi connectivity index (χ3v) is 2.42. The number of halogens is 1. The standard InChI is InChI=1S/C15H14FNO/c1-2-3-12-6-9-15(17-10-12)18-11-13-4-7-14(16)8-5-13/h2-10H,11H2,1H3/b3-2+. The second kappa shape index (κ2) is 5.96. The third kappa shape index (κ3) is 3.42. The van der Waals surface area contributed by atoms with Gasteiger partial charge in [0.05, 0.1) is 0 Å². The Bertz CT molecular complexity index is 517. The minimum Gasteiger partial charge on any atom is -0.473 e. The second-order valence-corrected chi connectivity index (χ2v) is 3.84. The van der Waals surface area contributed by atoms with Crippen LogP contribution in [-0.4, -0.2) is 4.98 Å². The maximum Gasteiger partial charge on any atom is 0.213 e. The van der Waals surface area contributed by atoms with Gasteiger partial charge in [0.1, 0.15) is 12.4 Å². The lowest BCUT2D eigenvalue weighted by Gasteiger charge is -2.05. The van der Waals surface area contributed by atoms with Crippen LogP contribution in [0.5, 0.6) is 5.88 Å². The smallest absolute Gasteiger partial charge is 0.213 e. The van der Waals surface area contributed by atoms with E-state index in [0.29, 0.717) is 12.5 Å². The summed E-state index contributed by atoms with van der Waals surface area (Å²) in [7, 11) is 0. The summed E-state index contributed by atoms with van der Waals surface area (Å²) in [5, 5.41) is 0. The molecule has 1 aromatic carbocycles. The molecular weight excluding hydrogens is 229 g/mol. The molecule has 0 saturated heterocycles. The molecule has 0 atom stereocenters. The normalized spacial score (nSPS) is 10.8. The van der Waals surface area contributed by atoms with E-state index in [-0.39, 0.29) is 5.82 Å². The minimum atomic E-state index is -0.243. The highest BCUT2D eigenvalue weighted by molar-refractivity contribution is 5.47. The maximum atomic E-state index is 12.7. The van der Waals surface area contributed by atoms with Gasteiger partial charge in [0.25, 0.3) is 0 Å². The molecule has 0 amide bonds. The van der Waals surface area contributed by atoms with Gasteiger partial charge in [-0.15, -0.1) is 0 Å². The lowest BCUT2D eigenvalue weighted by molar-refractivity contribution is 0.293. The first-order chi connectivity index (χ1) is 8.78. The number of aromatic nitrogens is 1. The van der Waals surface area contributed by atoms with E-state index in [1.807, 2.05) is 31.2 Å². The fourth-order valence-electron chi connectivity index (χ4n) is 1.51. The predicted octanol–water partition coefficient (Wildman–Crippen LogP) is 3.83. The Labute approximate surface area is 106 Å². The van der Waals surface area contributed by atoms with Crippen molar-refractivity contribution < 1.29 is 9.13 Å². The molecule has 0 aliphatic carbocycles. The van der Waals surface area contributed by atoms with Crippen molar-refractivity contribution in [1.29, 1.82) is 0 Å². The molecule has 0 radical (unpaired) electrons. The van der Waals surface area contributed by atoms with E-state index in [9.17, 15) is 4.39 Å². The molecule has 0 saturated carbocycles. The molecule has 0 fully saturated rings. The molecule has 2 aromatic rings. The van der Waals surface area contributed by atoms with Crippen molar-refractivity contribution in [2.75, 3.05) is 0 Å². The van der Waals surface area contributed by atoms with Crippen LogP contribution in [0.15, 0.2) is 48.7 Å². The SMILES string of the molecule is C/C=C/c1ccc(OCc2ccc(F)cc2)nc1. The zero-order valence-electron chi connectivity index (χ0n) is 10.1. The quantitative estimate of drug-likeness (QED) is 0.814. The average molecular weight is 243 g/mol. The number of ether oxygens (including phenoxy) is 1. The van der Waals surface area contributed by atoms with E-state index < -0.39 is 0 Å². The molecule has 1 aromatic heterocycles. The van der Waals surface area contributed by atoms with Crippen molar-refractivity contribution in [1.82, 2.24) is 4.98 Å². The van der Waals surface area contributed by atoms with Crippen molar-refractivity contribution in [3.8, 4) is 5.88 Å². The topological polar surface area (TPSA) is 22.1 Å². The van der Waals surface area contributed by atoms with Crippen molar-refractivity contribution in [3.63, 3.8) is 0 Å². The van der Waals surface area contributed by atoms with Crippen LogP contribution in [0.1, 0.15) is 18.1 Å². The van der Waals surface area contributed by atoms with Crippen LogP contribution in [0, 0.1) is 5.82 Å². The third-order valence-electron chi connectivity index (χ3n) is 2.42. The van der Waals surface area contributed by atoms with Gasteiger partial charge in [-0.05, 0) is 36.2 Å². The summed E-state index contributed by atoms with van der Waals surface area (Å²) in [6.07, 6.45) is 5.67. The molecule has 0 spiro atoms. The molecular formula is C15H14FNO. The van der Waals surface area contributed by atoms with Crippen LogP contribution in [0.4, 0.5) is 4.39 Å². The van der Waals surface area contributed by atoms with Crippen molar-refractivity contribution >= 4 is 6.08 Å². The van der Waals surface area contributed by atoms with Gasteiger partial charge in [-0.2, -0.15) is 0 Å². The Morgan fingerprint density at radius 1 is 1.17 bits per heavy atom. The van der Waals surface area contributed by atoms with E-state index in [0.717, 1.165) is 11.1 Å². The molecule has 0 bridgehead atoms. The zero-order chi connectivity index (χ0) is 12.8. The van der Waals surface area contributed by atoms with Crippen molar-refractivity contribution in [2.24, 2.45) is 0 Å². The first-order valence-corrected chi connectivity index (χ1v) is 5.74. The Morgan fingerprint density at radius 2 is 1.94 bits per heavy atom. The monoisotopic (exact) mass is 243 g/mol. The molecule has 0 aliphatic rings. The number of nitrogens with zero attached hydrogens (tertiary/aromatic N) is 1. The number of benzene rings is 1. The van der Waals surface area contributed by atoms with Gasteiger partial charge in [-0.3, -0.25) is 0 Å². The highest BCUT2D eigenvalue weighted by Gasteiger charge is 1.97. The summed E-state index contributed by atoms with van der Waals surface area (Å²) in [4.78, 5) is 4.18. The molecule has 18 heavy (non-hydrogen) atoms. The molecule has 0 unspecified atom stereocenters. The summed E-state index contributed by atoms with van der Waals surface area (Å²) in [6, 6.07) is 9.99. The fraction of sp³-hybridized carbons (Fsp3) is 0.133. The molecule has 2 nitrogen and oxygen atoms in total. The molecule has 1 heterocycles. The molecule has 0 aliphatic heterocycles. The van der Waals surface area contributed by atoms with E-state index >= 15 is 0 Å². The van der Waals surface area contributed by atoms with Crippen LogP contribution >= 0.6 is 0 Å². The summed E-state index contributed by atoms with van der Waals surface area (Å²) in [5.74, 6) is 0.320. The highest BCUT2D eigenvalue weighted by Crippen LogP contribution is 2.11. The lowest BCUT2D eigenvalue weighted by Crippen LogP contribution is -1.97. The van der Waals surface area contributed by atoms with E-state index in [4.69, 9.17) is 4.74 Å². The van der Waals surface area contributed by atoms with Gasteiger partial charge < -0.3 is 4.74 Å². The number of rotatable bonds is 4. The summed E-state index contributed by atoms with van der Waals surface area (Å²) >= 11 is 0. The Balaban J connectivity index is 1.95. The van der Waals surface area contributed by atoms with Gasteiger partial charge in [-0.1, -0.05) is 24.3 Å². The van der Waals surface area contributed by atoms with Crippen molar-refractivity contribution in [3.05, 3.63) is 65.6 Å². The van der Waals surface area contributed by atoms with Gasteiger partial charge in [0.15, 0.2) is 0 Å². The van der Waals surface area contributed by atoms with Gasteiger partial charge in [0.2, 0.25) is 5.88 Å². The van der Waals surface area contributed by atoms with Gasteiger partial charge in [0, 0.05) is 12.3 Å². The molecule has 3 heteroatoms. The lowest BCUT2D eigenvalue weighted by atomic mass is 10.2. The van der Waals surface area contributed by atoms with Crippen LogP contribution < -0.4 is 4.74 Å². The van der Waals surface area contributed by atoms with Crippen molar-refractivity contribution in [2.45, 2.75) is 13.5 Å². The largest absolute Gasteiger partial charge is 0.473 e. The predicted molar refractivity (Wildman–Crippen MR) is 69.7 cm³/mol. The van der Waals surface area contributed by atoms with Gasteiger partial charge in [-0.25, -0.2) is 9.37 Å². The second-order valence-electron chi connectivity index (χ2n) is 3.84. The minimum absolute atomic E-state index is 0.243. The number of hydrogen-bond acceptors (Lipinski definition) is 2. The Morgan fingerprint density at radius 3 is 2.56 bits per heavy atom. The highest BCUT2D eigenvalue weighted by atomic mass is 19.1. The van der Waals surface area contributed by atoms with Crippen LogP contribution in [-0.2, 0) is 6.61 Å². The number of allylic oxidation sites excluding steroid dienone is 1. The van der Waals surface area contributed by atoms with Gasteiger partial charge >= 0.3 is 0 Å². The summed E-state index contributed by atoms with van der Waals surface area (Å²) < 4.78 is 18.2. The van der Waals surface area contributed by atoms with Crippen LogP contribution in [0.2, 0.25) is 0 Å². The first-order valence-electron chi connectivity index (χ1n) is 5.74. The van der Waals surface area contributed by atoms with E-state index in [1.54, 1.807) is 18.3 Å². The summed E-state index contributed by atoms with van der Waals surface area (Å²) in [6.45, 7) is 2.34. The van der Waals surface area contributed by atoms with E-state index in [2.05, 4.69) is 4.98 Å². The molecule has 2 rings (SSSR count). The first kappa shape index (κ1) is 12.3. The average Bonchev–Trinajstić information content (AvgIpc) is 2.40. The van der Waals surface area contributed by atoms with Crippen LogP contribution in [0.3, 0.4) is 0 Å². The zero-order valence-corrected chi connectivity index (χ0v) is 10.1. The Hall–Kier alpha value is -2.16. The molecule has 0 N–H and O–H groups in total. The van der Waals surface area contributed by atoms with Crippen LogP contribution in [0.25, 0.3) is 6.08 Å². The number of hydrogen-bond donors (Lipinski definition) is 0. The Kier molecular flexibility index (Phi) is 4.07. The fourth-order valence-corrected chi connectivity index (χ4v) is 1.51. The molecule has 92 valence electrons. The number of pyridine rings is 1.